The summed E-state index contributed by atoms with van der Waals surface area (Å²) in [5, 5.41) is 10.8. The Morgan fingerprint density at radius 2 is 1.76 bits per heavy atom. The summed E-state index contributed by atoms with van der Waals surface area (Å²) in [6.45, 7) is 3.64. The number of nitrogens with one attached hydrogen (secondary N) is 2. The highest BCUT2D eigenvalue weighted by Crippen LogP contribution is 2.24. The summed E-state index contributed by atoms with van der Waals surface area (Å²) in [6.07, 6.45) is 2.87. The lowest BCUT2D eigenvalue weighted by Gasteiger charge is -2.08. The second kappa shape index (κ2) is 7.22. The minimum Gasteiger partial charge on any atom is -0.321 e. The summed E-state index contributed by atoms with van der Waals surface area (Å²) in [5.41, 5.74) is 1.21. The van der Waals surface area contributed by atoms with Crippen molar-refractivity contribution in [3.63, 3.8) is 0 Å². The molecule has 0 spiro atoms. The smallest absolute Gasteiger partial charge is 0.267 e. The molecule has 0 saturated carbocycles. The van der Waals surface area contributed by atoms with Crippen LogP contribution in [0.2, 0.25) is 0 Å². The maximum Gasteiger partial charge on any atom is 0.267 e. The van der Waals surface area contributed by atoms with Crippen molar-refractivity contribution in [2.24, 2.45) is 0 Å². The largest absolute Gasteiger partial charge is 0.321 e. The van der Waals surface area contributed by atoms with Gasteiger partial charge >= 0.3 is 0 Å². The van der Waals surface area contributed by atoms with E-state index in [0.29, 0.717) is 21.3 Å². The van der Waals surface area contributed by atoms with Crippen molar-refractivity contribution in [2.75, 3.05) is 10.0 Å². The maximum absolute atomic E-state index is 12.6. The van der Waals surface area contributed by atoms with Crippen LogP contribution in [0.25, 0.3) is 4.96 Å². The van der Waals surface area contributed by atoms with Crippen LogP contribution in [0.4, 0.5) is 11.6 Å². The van der Waals surface area contributed by atoms with E-state index in [-0.39, 0.29) is 16.8 Å². The normalized spacial score (nSPS) is 11.5. The molecule has 2 N–H and O–H groups in total. The molecular weight excluding hydrogens is 414 g/mol. The fraction of sp³-hybridized carbons (Fsp3) is 0.118. The third-order valence-electron chi connectivity index (χ3n) is 4.07. The highest BCUT2D eigenvalue weighted by molar-refractivity contribution is 7.92. The monoisotopic (exact) mass is 429 g/mol. The Hall–Kier alpha value is -3.38. The van der Waals surface area contributed by atoms with Crippen molar-refractivity contribution in [2.45, 2.75) is 18.7 Å². The van der Waals surface area contributed by atoms with E-state index in [1.54, 1.807) is 6.07 Å². The van der Waals surface area contributed by atoms with Gasteiger partial charge in [0.15, 0.2) is 0 Å². The standard InChI is InChI=1S/C17H15N7O3S2/c1-10-14(28-17-22-21-11(2)24(10)17)15(25)20-12-4-6-13(7-5-12)29(26,27)23-16-18-8-3-9-19-16/h3-9H,1-2H3,(H,20,25)(H,18,19,23). The number of carbonyl (C=O) groups excluding carboxylic acids is 1. The molecule has 1 amide bonds. The molecule has 0 aliphatic rings. The van der Waals surface area contributed by atoms with E-state index >= 15 is 0 Å². The van der Waals surface area contributed by atoms with E-state index in [0.717, 1.165) is 5.69 Å². The lowest BCUT2D eigenvalue weighted by Crippen LogP contribution is -2.15. The van der Waals surface area contributed by atoms with Crippen LogP contribution in [0.5, 0.6) is 0 Å². The lowest BCUT2D eigenvalue weighted by atomic mass is 10.3. The number of sulfonamides is 1. The Bertz CT molecular complexity index is 1300. The number of nitrogens with zero attached hydrogens (tertiary/aromatic N) is 5. The third-order valence-corrected chi connectivity index (χ3v) is 6.55. The highest BCUT2D eigenvalue weighted by Gasteiger charge is 2.19. The molecule has 0 radical (unpaired) electrons. The van der Waals surface area contributed by atoms with Crippen molar-refractivity contribution < 1.29 is 13.2 Å². The second-order valence-corrected chi connectivity index (χ2v) is 8.70. The van der Waals surface area contributed by atoms with Gasteiger partial charge in [-0.25, -0.2) is 23.1 Å². The molecule has 3 aromatic heterocycles. The average Bonchev–Trinajstić information content (AvgIpc) is 3.23. The molecule has 0 atom stereocenters. The highest BCUT2D eigenvalue weighted by atomic mass is 32.2. The van der Waals surface area contributed by atoms with E-state index in [1.807, 2.05) is 18.2 Å². The van der Waals surface area contributed by atoms with E-state index in [4.69, 9.17) is 0 Å². The zero-order valence-electron chi connectivity index (χ0n) is 15.3. The second-order valence-electron chi connectivity index (χ2n) is 6.04. The number of anilines is 2. The van der Waals surface area contributed by atoms with Gasteiger partial charge in [-0.05, 0) is 44.2 Å². The number of carbonyl (C=O) groups is 1. The minimum absolute atomic E-state index is 0.0205. The van der Waals surface area contributed by atoms with Gasteiger partial charge in [0.25, 0.3) is 15.9 Å². The first-order chi connectivity index (χ1) is 13.8. The average molecular weight is 429 g/mol. The molecule has 0 bridgehead atoms. The maximum atomic E-state index is 12.6. The number of fused-ring (bicyclic) bond motifs is 1. The molecule has 12 heteroatoms. The summed E-state index contributed by atoms with van der Waals surface area (Å²) in [6, 6.07) is 7.39. The molecule has 0 unspecified atom stereocenters. The van der Waals surface area contributed by atoms with Crippen molar-refractivity contribution >= 4 is 43.9 Å². The first-order valence-electron chi connectivity index (χ1n) is 8.37. The first kappa shape index (κ1) is 19.0. The number of benzene rings is 1. The van der Waals surface area contributed by atoms with Crippen LogP contribution in [0, 0.1) is 13.8 Å². The van der Waals surface area contributed by atoms with Gasteiger partial charge in [0.1, 0.15) is 10.7 Å². The fourth-order valence-corrected chi connectivity index (χ4v) is 4.67. The summed E-state index contributed by atoms with van der Waals surface area (Å²) >= 11 is 1.24. The number of hydrogen-bond acceptors (Lipinski definition) is 8. The van der Waals surface area contributed by atoms with Crippen molar-refractivity contribution in [1.29, 1.82) is 0 Å². The number of rotatable bonds is 5. The van der Waals surface area contributed by atoms with E-state index in [9.17, 15) is 13.2 Å². The van der Waals surface area contributed by atoms with Gasteiger partial charge in [0, 0.05) is 23.8 Å². The molecule has 29 heavy (non-hydrogen) atoms. The molecule has 0 aliphatic heterocycles. The predicted molar refractivity (Wildman–Crippen MR) is 108 cm³/mol. The van der Waals surface area contributed by atoms with Crippen LogP contribution in [0.3, 0.4) is 0 Å². The molecule has 3 heterocycles. The number of aryl methyl sites for hydroxylation is 2. The Morgan fingerprint density at radius 1 is 1.07 bits per heavy atom. The summed E-state index contributed by atoms with van der Waals surface area (Å²) in [5.74, 6) is 0.383. The van der Waals surface area contributed by atoms with E-state index < -0.39 is 10.0 Å². The molecule has 10 nitrogen and oxygen atoms in total. The Balaban J connectivity index is 1.51. The first-order valence-corrected chi connectivity index (χ1v) is 10.7. The van der Waals surface area contributed by atoms with Crippen molar-refractivity contribution in [3.05, 3.63) is 59.1 Å². The molecular formula is C17H15N7O3S2. The summed E-state index contributed by atoms with van der Waals surface area (Å²) in [7, 11) is -3.84. The molecule has 148 valence electrons. The van der Waals surface area contributed by atoms with Crippen LogP contribution in [0.15, 0.2) is 47.6 Å². The van der Waals surface area contributed by atoms with E-state index in [2.05, 4.69) is 30.2 Å². The van der Waals surface area contributed by atoms with Crippen LogP contribution in [-0.2, 0) is 10.0 Å². The fourth-order valence-electron chi connectivity index (χ4n) is 2.71. The zero-order valence-corrected chi connectivity index (χ0v) is 17.0. The van der Waals surface area contributed by atoms with Crippen molar-refractivity contribution in [1.82, 2.24) is 24.6 Å². The number of aromatic nitrogens is 5. The van der Waals surface area contributed by atoms with Crippen LogP contribution < -0.4 is 10.0 Å². The molecule has 0 saturated heterocycles. The molecule has 0 aliphatic carbocycles. The van der Waals surface area contributed by atoms with Gasteiger partial charge in [0.05, 0.1) is 4.90 Å². The molecule has 1 aromatic carbocycles. The Morgan fingerprint density at radius 3 is 2.41 bits per heavy atom. The van der Waals surface area contributed by atoms with Crippen LogP contribution in [-0.4, -0.2) is 38.9 Å². The Kier molecular flexibility index (Phi) is 4.72. The Labute approximate surface area is 169 Å². The minimum atomic E-state index is -3.84. The molecule has 4 aromatic rings. The summed E-state index contributed by atoms with van der Waals surface area (Å²) in [4.78, 5) is 21.5. The topological polar surface area (TPSA) is 131 Å². The lowest BCUT2D eigenvalue weighted by molar-refractivity contribution is 0.102. The SMILES string of the molecule is Cc1nnc2sc(C(=O)Nc3ccc(S(=O)(=O)Nc4ncccn4)cc3)c(C)n12. The molecule has 4 rings (SSSR count). The van der Waals surface area contributed by atoms with Gasteiger partial charge in [0.2, 0.25) is 10.9 Å². The van der Waals surface area contributed by atoms with Gasteiger partial charge in [-0.15, -0.1) is 10.2 Å². The van der Waals surface area contributed by atoms with Crippen LogP contribution in [0.1, 0.15) is 21.2 Å². The van der Waals surface area contributed by atoms with E-state index in [1.165, 1.54) is 48.0 Å². The van der Waals surface area contributed by atoms with Gasteiger partial charge in [-0.2, -0.15) is 0 Å². The van der Waals surface area contributed by atoms with Crippen molar-refractivity contribution in [3.8, 4) is 0 Å². The van der Waals surface area contributed by atoms with Gasteiger partial charge < -0.3 is 5.32 Å². The number of amides is 1. The number of hydrogen-bond donors (Lipinski definition) is 2. The number of thiazole rings is 1. The quantitative estimate of drug-likeness (QED) is 0.497. The van der Waals surface area contributed by atoms with Gasteiger partial charge in [-0.3, -0.25) is 9.20 Å². The summed E-state index contributed by atoms with van der Waals surface area (Å²) < 4.78 is 28.9. The third kappa shape index (κ3) is 3.67. The zero-order chi connectivity index (χ0) is 20.6. The van der Waals surface area contributed by atoms with Gasteiger partial charge in [-0.1, -0.05) is 11.3 Å². The van der Waals surface area contributed by atoms with Crippen LogP contribution >= 0.6 is 11.3 Å². The predicted octanol–water partition coefficient (Wildman–Crippen LogP) is 2.25. The molecule has 0 fully saturated rings.